The number of ether oxygens (including phenoxy) is 1. The van der Waals surface area contributed by atoms with E-state index in [0.717, 1.165) is 24.4 Å². The van der Waals surface area contributed by atoms with E-state index < -0.39 is 6.10 Å². The predicted molar refractivity (Wildman–Crippen MR) is 84.2 cm³/mol. The number of rotatable bonds is 7. The van der Waals surface area contributed by atoms with Gasteiger partial charge in [0.05, 0.1) is 12.2 Å². The Morgan fingerprint density at radius 1 is 1.10 bits per heavy atom. The fourth-order valence-corrected chi connectivity index (χ4v) is 2.62. The Balaban J connectivity index is 2.88. The van der Waals surface area contributed by atoms with Crippen LogP contribution in [0.5, 0.6) is 5.75 Å². The Labute approximate surface area is 123 Å². The van der Waals surface area contributed by atoms with Crippen LogP contribution >= 0.6 is 0 Å². The first-order chi connectivity index (χ1) is 9.32. The van der Waals surface area contributed by atoms with Gasteiger partial charge in [0.15, 0.2) is 0 Å². The van der Waals surface area contributed by atoms with Crippen LogP contribution in [-0.4, -0.2) is 34.7 Å². The third-order valence-electron chi connectivity index (χ3n) is 3.82. The van der Waals surface area contributed by atoms with Crippen LogP contribution in [-0.2, 0) is 0 Å². The van der Waals surface area contributed by atoms with E-state index >= 15 is 0 Å². The molecule has 0 bridgehead atoms. The van der Waals surface area contributed by atoms with Crippen LogP contribution in [0.2, 0.25) is 0 Å². The maximum Gasteiger partial charge on any atom is 0.119 e. The second kappa shape index (κ2) is 7.09. The van der Waals surface area contributed by atoms with Gasteiger partial charge in [-0.25, -0.2) is 0 Å². The molecule has 1 unspecified atom stereocenters. The summed E-state index contributed by atoms with van der Waals surface area (Å²) >= 11 is 0. The molecule has 1 N–H and O–H groups in total. The van der Waals surface area contributed by atoms with E-state index in [9.17, 15) is 5.11 Å². The van der Waals surface area contributed by atoms with Gasteiger partial charge in [0.2, 0.25) is 0 Å². The summed E-state index contributed by atoms with van der Waals surface area (Å²) in [6.45, 7) is 14.3. The van der Waals surface area contributed by atoms with Gasteiger partial charge in [-0.15, -0.1) is 0 Å². The number of likely N-dealkylation sites (N-methyl/N-ethyl adjacent to an activating group) is 1. The highest BCUT2D eigenvalue weighted by Gasteiger charge is 2.33. The van der Waals surface area contributed by atoms with Gasteiger partial charge in [0.25, 0.3) is 0 Å². The molecule has 1 atom stereocenters. The lowest BCUT2D eigenvalue weighted by Crippen LogP contribution is -2.48. The minimum Gasteiger partial charge on any atom is -0.491 e. The van der Waals surface area contributed by atoms with E-state index in [4.69, 9.17) is 4.74 Å². The van der Waals surface area contributed by atoms with E-state index in [2.05, 4.69) is 32.6 Å². The molecule has 0 radical (unpaired) electrons. The van der Waals surface area contributed by atoms with Gasteiger partial charge < -0.3 is 9.84 Å². The zero-order valence-corrected chi connectivity index (χ0v) is 13.7. The van der Waals surface area contributed by atoms with E-state index in [-0.39, 0.29) is 11.6 Å². The topological polar surface area (TPSA) is 32.7 Å². The Morgan fingerprint density at radius 2 is 1.60 bits per heavy atom. The third kappa shape index (κ3) is 3.97. The molecule has 1 aromatic rings. The zero-order chi connectivity index (χ0) is 15.3. The van der Waals surface area contributed by atoms with Gasteiger partial charge in [0, 0.05) is 5.54 Å². The largest absolute Gasteiger partial charge is 0.491 e. The minimum atomic E-state index is -0.518. The van der Waals surface area contributed by atoms with Gasteiger partial charge in [-0.1, -0.05) is 26.0 Å². The van der Waals surface area contributed by atoms with Crippen molar-refractivity contribution >= 4 is 0 Å². The van der Waals surface area contributed by atoms with Gasteiger partial charge in [0.1, 0.15) is 5.75 Å². The van der Waals surface area contributed by atoms with Crippen LogP contribution in [0.3, 0.4) is 0 Å². The van der Waals surface area contributed by atoms with Crippen molar-refractivity contribution < 1.29 is 9.84 Å². The standard InChI is InChI=1S/C17H29NO2/c1-7-18(8-2)17(5,6)16(19)14-9-11-15(12-10-14)20-13(3)4/h9-13,16,19H,7-8H2,1-6H3. The van der Waals surface area contributed by atoms with E-state index in [1.807, 2.05) is 38.1 Å². The minimum absolute atomic E-state index is 0.165. The summed E-state index contributed by atoms with van der Waals surface area (Å²) in [4.78, 5) is 2.27. The fraction of sp³-hybridized carbons (Fsp3) is 0.647. The molecule has 3 heteroatoms. The molecule has 20 heavy (non-hydrogen) atoms. The maximum atomic E-state index is 10.7. The molecule has 3 nitrogen and oxygen atoms in total. The Hall–Kier alpha value is -1.06. The SMILES string of the molecule is CCN(CC)C(C)(C)C(O)c1ccc(OC(C)C)cc1. The number of aliphatic hydroxyl groups is 1. The lowest BCUT2D eigenvalue weighted by Gasteiger charge is -2.41. The summed E-state index contributed by atoms with van der Waals surface area (Å²) in [6.07, 6.45) is -0.353. The number of benzene rings is 1. The maximum absolute atomic E-state index is 10.7. The molecular weight excluding hydrogens is 250 g/mol. The first-order valence-electron chi connectivity index (χ1n) is 7.52. The molecule has 0 aromatic heterocycles. The van der Waals surface area contributed by atoms with Gasteiger partial charge in [-0.05, 0) is 58.5 Å². The smallest absolute Gasteiger partial charge is 0.119 e. The average Bonchev–Trinajstić information content (AvgIpc) is 2.39. The molecule has 0 saturated carbocycles. The lowest BCUT2D eigenvalue weighted by molar-refractivity contribution is -0.00629. The van der Waals surface area contributed by atoms with Crippen LogP contribution < -0.4 is 4.74 Å². The molecular formula is C17H29NO2. The predicted octanol–water partition coefficient (Wildman–Crippen LogP) is 3.63. The van der Waals surface area contributed by atoms with Gasteiger partial charge in [-0.2, -0.15) is 0 Å². The Bertz CT molecular complexity index is 394. The van der Waals surface area contributed by atoms with E-state index in [1.165, 1.54) is 0 Å². The highest BCUT2D eigenvalue weighted by atomic mass is 16.5. The Morgan fingerprint density at radius 3 is 2.00 bits per heavy atom. The van der Waals surface area contributed by atoms with Crippen LogP contribution in [0, 0.1) is 0 Å². The van der Waals surface area contributed by atoms with Crippen molar-refractivity contribution in [1.29, 1.82) is 0 Å². The van der Waals surface area contributed by atoms with Crippen molar-refractivity contribution in [2.24, 2.45) is 0 Å². The van der Waals surface area contributed by atoms with Crippen molar-refractivity contribution in [2.75, 3.05) is 13.1 Å². The molecule has 0 saturated heterocycles. The van der Waals surface area contributed by atoms with Crippen LogP contribution in [0.15, 0.2) is 24.3 Å². The second-order valence-corrected chi connectivity index (χ2v) is 5.96. The molecule has 0 aliphatic heterocycles. The van der Waals surface area contributed by atoms with E-state index in [0.29, 0.717) is 0 Å². The number of hydrogen-bond acceptors (Lipinski definition) is 3. The zero-order valence-electron chi connectivity index (χ0n) is 13.7. The van der Waals surface area contributed by atoms with Crippen LogP contribution in [0.1, 0.15) is 53.2 Å². The summed E-state index contributed by atoms with van der Waals surface area (Å²) in [5, 5.41) is 10.7. The first kappa shape index (κ1) is 17.0. The fourth-order valence-electron chi connectivity index (χ4n) is 2.62. The highest BCUT2D eigenvalue weighted by molar-refractivity contribution is 5.30. The monoisotopic (exact) mass is 279 g/mol. The number of hydrogen-bond donors (Lipinski definition) is 1. The second-order valence-electron chi connectivity index (χ2n) is 5.96. The molecule has 0 aliphatic carbocycles. The summed E-state index contributed by atoms with van der Waals surface area (Å²) in [5.41, 5.74) is 0.641. The summed E-state index contributed by atoms with van der Waals surface area (Å²) < 4.78 is 5.63. The summed E-state index contributed by atoms with van der Waals surface area (Å²) in [5.74, 6) is 0.844. The quantitative estimate of drug-likeness (QED) is 0.827. The average molecular weight is 279 g/mol. The van der Waals surface area contributed by atoms with Crippen molar-refractivity contribution in [3.63, 3.8) is 0 Å². The molecule has 1 rings (SSSR count). The molecule has 114 valence electrons. The third-order valence-corrected chi connectivity index (χ3v) is 3.82. The van der Waals surface area contributed by atoms with Crippen LogP contribution in [0.25, 0.3) is 0 Å². The highest BCUT2D eigenvalue weighted by Crippen LogP contribution is 2.31. The summed E-state index contributed by atoms with van der Waals surface area (Å²) in [6, 6.07) is 7.76. The lowest BCUT2D eigenvalue weighted by atomic mass is 9.89. The molecule has 0 heterocycles. The van der Waals surface area contributed by atoms with Crippen molar-refractivity contribution in [3.05, 3.63) is 29.8 Å². The van der Waals surface area contributed by atoms with Crippen LogP contribution in [0.4, 0.5) is 0 Å². The number of nitrogens with zero attached hydrogens (tertiary/aromatic N) is 1. The Kier molecular flexibility index (Phi) is 6.03. The summed E-state index contributed by atoms with van der Waals surface area (Å²) in [7, 11) is 0. The molecule has 0 aliphatic rings. The van der Waals surface area contributed by atoms with Crippen molar-refractivity contribution in [1.82, 2.24) is 4.90 Å². The molecule has 0 fully saturated rings. The van der Waals surface area contributed by atoms with Gasteiger partial charge in [-0.3, -0.25) is 4.90 Å². The number of aliphatic hydroxyl groups excluding tert-OH is 1. The van der Waals surface area contributed by atoms with E-state index in [1.54, 1.807) is 0 Å². The van der Waals surface area contributed by atoms with Crippen molar-refractivity contribution in [2.45, 2.75) is 59.3 Å². The molecule has 0 amide bonds. The molecule has 0 spiro atoms. The normalized spacial score (nSPS) is 13.8. The molecule has 1 aromatic carbocycles. The van der Waals surface area contributed by atoms with Crippen molar-refractivity contribution in [3.8, 4) is 5.75 Å². The van der Waals surface area contributed by atoms with Gasteiger partial charge >= 0.3 is 0 Å². The first-order valence-corrected chi connectivity index (χ1v) is 7.52.